The van der Waals surface area contributed by atoms with Crippen molar-refractivity contribution < 1.29 is 22.8 Å². The predicted octanol–water partition coefficient (Wildman–Crippen LogP) is 3.08. The molecule has 0 N–H and O–H groups in total. The monoisotopic (exact) mass is 338 g/mol. The van der Waals surface area contributed by atoms with Gasteiger partial charge in [0.05, 0.1) is 37.5 Å². The number of nitrogens with zero attached hydrogens (tertiary/aromatic N) is 1. The van der Waals surface area contributed by atoms with E-state index in [1.807, 2.05) is 0 Å². The van der Waals surface area contributed by atoms with Crippen LogP contribution in [0.5, 0.6) is 0 Å². The zero-order valence-electron chi connectivity index (χ0n) is 15.0. The van der Waals surface area contributed by atoms with Gasteiger partial charge in [0, 0.05) is 0 Å². The fourth-order valence-electron chi connectivity index (χ4n) is 2.64. The Bertz CT molecular complexity index is 215. The molecule has 5 nitrogen and oxygen atoms in total. The molecule has 0 amide bonds. The van der Waals surface area contributed by atoms with Gasteiger partial charge in [-0.05, 0) is 25.7 Å². The molecule has 0 fully saturated rings. The highest BCUT2D eigenvalue weighted by atomic mass is 32.2. The van der Waals surface area contributed by atoms with E-state index in [-0.39, 0.29) is 0 Å². The fraction of sp³-hybridized carbons (Fsp3) is 1.00. The van der Waals surface area contributed by atoms with Gasteiger partial charge in [-0.25, -0.2) is 4.21 Å². The molecule has 0 aliphatic carbocycles. The van der Waals surface area contributed by atoms with E-state index < -0.39 is 11.4 Å². The highest BCUT2D eigenvalue weighted by molar-refractivity contribution is 7.73. The summed E-state index contributed by atoms with van der Waals surface area (Å²) in [7, 11) is 0. The van der Waals surface area contributed by atoms with Crippen molar-refractivity contribution in [3.05, 3.63) is 0 Å². The number of rotatable bonds is 13. The van der Waals surface area contributed by atoms with Crippen LogP contribution in [0.25, 0.3) is 0 Å². The fourth-order valence-corrected chi connectivity index (χ4v) is 2.64. The molecule has 0 radical (unpaired) electrons. The van der Waals surface area contributed by atoms with Crippen molar-refractivity contribution >= 4 is 11.4 Å². The summed E-state index contributed by atoms with van der Waals surface area (Å²) >= 11 is -2.88. The second kappa shape index (κ2) is 17.3. The van der Waals surface area contributed by atoms with E-state index in [1.54, 1.807) is 0 Å². The van der Waals surface area contributed by atoms with Crippen molar-refractivity contribution in [2.24, 2.45) is 0 Å². The molecular weight excluding hydrogens is 302 g/mol. The first-order chi connectivity index (χ1) is 10.5. The average molecular weight is 339 g/mol. The van der Waals surface area contributed by atoms with Gasteiger partial charge in [-0.3, -0.25) is 0 Å². The Morgan fingerprint density at radius 1 is 0.773 bits per heavy atom. The molecule has 0 saturated carbocycles. The van der Waals surface area contributed by atoms with Crippen LogP contribution in [0.2, 0.25) is 0 Å². The van der Waals surface area contributed by atoms with Crippen LogP contribution in [-0.4, -0.2) is 39.4 Å². The van der Waals surface area contributed by atoms with Crippen LogP contribution < -0.4 is 5.26 Å². The molecule has 1 unspecified atom stereocenters. The van der Waals surface area contributed by atoms with E-state index in [9.17, 15) is 0 Å². The summed E-state index contributed by atoms with van der Waals surface area (Å²) in [5, 5.41) is 8.52. The Labute approximate surface area is 140 Å². The van der Waals surface area contributed by atoms with Gasteiger partial charge in [0.25, 0.3) is 0 Å². The zero-order chi connectivity index (χ0) is 17.3. The molecule has 1 atom stereocenters. The van der Waals surface area contributed by atoms with Crippen LogP contribution >= 0.6 is 0 Å². The van der Waals surface area contributed by atoms with Gasteiger partial charge in [-0.2, -0.15) is 0 Å². The van der Waals surface area contributed by atoms with E-state index in [0.717, 1.165) is 0 Å². The highest BCUT2D eigenvalue weighted by Gasteiger charge is 2.24. The minimum Gasteiger partial charge on any atom is -0.750 e. The summed E-state index contributed by atoms with van der Waals surface area (Å²) in [4.78, 5) is 0. The van der Waals surface area contributed by atoms with Gasteiger partial charge in [0.15, 0.2) is 0 Å². The van der Waals surface area contributed by atoms with Gasteiger partial charge in [-0.15, -0.1) is 0 Å². The Morgan fingerprint density at radius 3 is 1.14 bits per heavy atom. The van der Waals surface area contributed by atoms with Gasteiger partial charge in [-0.1, -0.05) is 53.4 Å². The largest absolute Gasteiger partial charge is 0.750 e. The van der Waals surface area contributed by atoms with Gasteiger partial charge in [0.2, 0.25) is 0 Å². The third kappa shape index (κ3) is 14.9. The number of unbranched alkanes of at least 4 members (excludes halogenated alkanes) is 4. The third-order valence-corrected chi connectivity index (χ3v) is 4.11. The molecule has 0 bridgehead atoms. The van der Waals surface area contributed by atoms with Crippen LogP contribution in [-0.2, 0) is 15.7 Å². The molecule has 0 heterocycles. The molecule has 6 heteroatoms. The van der Waals surface area contributed by atoms with E-state index >= 15 is 0 Å². The SMILES string of the molecule is CCCC[N+](CCCC)(CCCC)CCCC.O=S([O-])O[O-]. The molecule has 22 heavy (non-hydrogen) atoms. The van der Waals surface area contributed by atoms with Crippen LogP contribution in [0.15, 0.2) is 0 Å². The second-order valence-corrected chi connectivity index (χ2v) is 6.47. The molecule has 136 valence electrons. The Hall–Kier alpha value is -0.0100. The molecule has 0 aromatic carbocycles. The maximum Gasteiger partial charge on any atom is 0.0786 e. The first-order valence-corrected chi connectivity index (χ1v) is 9.76. The molecule has 0 aromatic heterocycles. The lowest BCUT2D eigenvalue weighted by molar-refractivity contribution is -0.929. The molecule has 0 rings (SSSR count). The first-order valence-electron chi connectivity index (χ1n) is 8.76. The highest BCUT2D eigenvalue weighted by Crippen LogP contribution is 2.16. The number of hydrogen-bond donors (Lipinski definition) is 0. The van der Waals surface area contributed by atoms with Crippen molar-refractivity contribution in [1.82, 2.24) is 0 Å². The maximum atomic E-state index is 8.83. The van der Waals surface area contributed by atoms with E-state index in [0.29, 0.717) is 0 Å². The summed E-state index contributed by atoms with van der Waals surface area (Å²) in [6.45, 7) is 15.0. The lowest BCUT2D eigenvalue weighted by Crippen LogP contribution is -2.50. The standard InChI is InChI=1S/C16H36N.H2O4S/c1-5-9-13-17(14-10-6-2,15-11-7-3)16-12-8-4;1-4-5(2)3/h5-16H2,1-4H3;1H,(H,2,3)/q+1;/p-2. The van der Waals surface area contributed by atoms with E-state index in [2.05, 4.69) is 32.0 Å². The van der Waals surface area contributed by atoms with E-state index in [4.69, 9.17) is 14.0 Å². The average Bonchev–Trinajstić information content (AvgIpc) is 2.54. The third-order valence-electron chi connectivity index (χ3n) is 4.00. The van der Waals surface area contributed by atoms with Gasteiger partial charge in [0.1, 0.15) is 0 Å². The normalized spacial score (nSPS) is 12.6. The number of quaternary nitrogens is 1. The summed E-state index contributed by atoms with van der Waals surface area (Å²) in [6.07, 6.45) is 11.1. The van der Waals surface area contributed by atoms with Crippen LogP contribution in [0.1, 0.15) is 79.1 Å². The first kappa shape index (κ1) is 24.2. The Kier molecular flexibility index (Phi) is 19.1. The van der Waals surface area contributed by atoms with Crippen molar-refractivity contribution in [3.8, 4) is 0 Å². The molecule has 0 saturated heterocycles. The number of hydrogen-bond acceptors (Lipinski definition) is 4. The molecule has 0 aliphatic rings. The quantitative estimate of drug-likeness (QED) is 0.224. The second-order valence-electron chi connectivity index (χ2n) is 5.92. The van der Waals surface area contributed by atoms with Gasteiger partial charge < -0.3 is 18.6 Å². The lowest BCUT2D eigenvalue weighted by Gasteiger charge is -2.39. The van der Waals surface area contributed by atoms with Crippen molar-refractivity contribution in [2.45, 2.75) is 79.1 Å². The van der Waals surface area contributed by atoms with Crippen molar-refractivity contribution in [1.29, 1.82) is 0 Å². The molecule has 0 aliphatic heterocycles. The van der Waals surface area contributed by atoms with Crippen LogP contribution in [0.3, 0.4) is 0 Å². The van der Waals surface area contributed by atoms with Gasteiger partial charge >= 0.3 is 0 Å². The topological polar surface area (TPSA) is 72.4 Å². The van der Waals surface area contributed by atoms with Crippen molar-refractivity contribution in [3.63, 3.8) is 0 Å². The molecule has 0 spiro atoms. The summed E-state index contributed by atoms with van der Waals surface area (Å²) in [5.74, 6) is 0. The minimum atomic E-state index is -2.88. The maximum absolute atomic E-state index is 8.83. The van der Waals surface area contributed by atoms with Crippen molar-refractivity contribution in [2.75, 3.05) is 26.2 Å². The zero-order valence-corrected chi connectivity index (χ0v) is 15.8. The van der Waals surface area contributed by atoms with Crippen LogP contribution in [0, 0.1) is 0 Å². The minimum absolute atomic E-state index is 1.35. The van der Waals surface area contributed by atoms with Crippen LogP contribution in [0.4, 0.5) is 0 Å². The summed E-state index contributed by atoms with van der Waals surface area (Å²) in [6, 6.07) is 0. The molecule has 0 aromatic rings. The summed E-state index contributed by atoms with van der Waals surface area (Å²) < 4.78 is 21.5. The smallest absolute Gasteiger partial charge is 0.0786 e. The Balaban J connectivity index is 0. The van der Waals surface area contributed by atoms with E-state index in [1.165, 1.54) is 82.0 Å². The molecular formula is C16H36NO4S-. The lowest BCUT2D eigenvalue weighted by atomic mass is 10.1. The Morgan fingerprint density at radius 2 is 1.00 bits per heavy atom. The predicted molar refractivity (Wildman–Crippen MR) is 89.4 cm³/mol. The summed E-state index contributed by atoms with van der Waals surface area (Å²) in [5.41, 5.74) is 0.